The molecule has 0 amide bonds. The standard InChI is InChI=1S/C10H18BrNO3/c1-15-10(14)9(11)6-12-4-2-8(7-13)3-5-12/h8-9,13H,2-7H2,1H3. The summed E-state index contributed by atoms with van der Waals surface area (Å²) < 4.78 is 4.64. The van der Waals surface area contributed by atoms with Gasteiger partial charge in [-0.1, -0.05) is 15.9 Å². The van der Waals surface area contributed by atoms with Crippen LogP contribution in [0.4, 0.5) is 0 Å². The highest BCUT2D eigenvalue weighted by Gasteiger charge is 2.23. The van der Waals surface area contributed by atoms with Crippen molar-refractivity contribution < 1.29 is 14.6 Å². The van der Waals surface area contributed by atoms with Gasteiger partial charge in [-0.15, -0.1) is 0 Å². The normalized spacial score (nSPS) is 21.3. The number of rotatable bonds is 4. The van der Waals surface area contributed by atoms with E-state index in [0.717, 1.165) is 25.9 Å². The maximum atomic E-state index is 11.2. The van der Waals surface area contributed by atoms with Crippen molar-refractivity contribution in [3.8, 4) is 0 Å². The molecule has 1 fully saturated rings. The number of halogens is 1. The van der Waals surface area contributed by atoms with Crippen LogP contribution in [0.15, 0.2) is 0 Å². The molecule has 1 saturated heterocycles. The molecule has 0 aliphatic carbocycles. The molecule has 0 bridgehead atoms. The molecule has 0 aromatic carbocycles. The van der Waals surface area contributed by atoms with Crippen LogP contribution < -0.4 is 0 Å². The summed E-state index contributed by atoms with van der Waals surface area (Å²) in [7, 11) is 1.40. The van der Waals surface area contributed by atoms with Crippen LogP contribution in [0, 0.1) is 5.92 Å². The molecule has 1 aliphatic rings. The summed E-state index contributed by atoms with van der Waals surface area (Å²) in [6, 6.07) is 0. The molecule has 5 heteroatoms. The Morgan fingerprint density at radius 1 is 1.60 bits per heavy atom. The molecule has 1 atom stereocenters. The average molecular weight is 280 g/mol. The van der Waals surface area contributed by atoms with Gasteiger partial charge in [-0.25, -0.2) is 0 Å². The SMILES string of the molecule is COC(=O)C(Br)CN1CCC(CO)CC1. The number of ether oxygens (including phenoxy) is 1. The first-order valence-electron chi connectivity index (χ1n) is 5.22. The highest BCUT2D eigenvalue weighted by atomic mass is 79.9. The largest absolute Gasteiger partial charge is 0.468 e. The topological polar surface area (TPSA) is 49.8 Å². The van der Waals surface area contributed by atoms with Crippen LogP contribution in [0.1, 0.15) is 12.8 Å². The molecule has 1 heterocycles. The number of piperidine rings is 1. The van der Waals surface area contributed by atoms with Gasteiger partial charge in [-0.3, -0.25) is 4.79 Å². The third-order valence-corrected chi connectivity index (χ3v) is 3.50. The summed E-state index contributed by atoms with van der Waals surface area (Å²) in [5.74, 6) is 0.215. The molecule has 0 aromatic heterocycles. The lowest BCUT2D eigenvalue weighted by Gasteiger charge is -2.31. The second-order valence-electron chi connectivity index (χ2n) is 3.92. The van der Waals surface area contributed by atoms with E-state index >= 15 is 0 Å². The van der Waals surface area contributed by atoms with Crippen LogP contribution in [-0.4, -0.2) is 54.2 Å². The smallest absolute Gasteiger partial charge is 0.320 e. The Labute approximate surface area is 98.7 Å². The number of nitrogens with zero attached hydrogens (tertiary/aromatic N) is 1. The number of hydrogen-bond donors (Lipinski definition) is 1. The highest BCUT2D eigenvalue weighted by molar-refractivity contribution is 9.10. The number of likely N-dealkylation sites (tertiary alicyclic amines) is 1. The fourth-order valence-electron chi connectivity index (χ4n) is 1.78. The first-order valence-corrected chi connectivity index (χ1v) is 6.14. The van der Waals surface area contributed by atoms with E-state index in [2.05, 4.69) is 25.6 Å². The molecule has 0 saturated carbocycles. The van der Waals surface area contributed by atoms with Crippen molar-refractivity contribution in [2.45, 2.75) is 17.7 Å². The molecule has 0 radical (unpaired) electrons. The lowest BCUT2D eigenvalue weighted by atomic mass is 9.98. The Hall–Kier alpha value is -0.130. The van der Waals surface area contributed by atoms with Crippen LogP contribution in [-0.2, 0) is 9.53 Å². The first-order chi connectivity index (χ1) is 7.17. The second-order valence-corrected chi connectivity index (χ2v) is 5.02. The highest BCUT2D eigenvalue weighted by Crippen LogP contribution is 2.17. The van der Waals surface area contributed by atoms with Gasteiger partial charge in [-0.05, 0) is 31.8 Å². The molecule has 88 valence electrons. The minimum absolute atomic E-state index is 0.223. The van der Waals surface area contributed by atoms with E-state index in [0.29, 0.717) is 12.5 Å². The molecule has 0 spiro atoms. The van der Waals surface area contributed by atoms with Crippen LogP contribution in [0.2, 0.25) is 0 Å². The summed E-state index contributed by atoms with van der Waals surface area (Å²) in [4.78, 5) is 13.2. The summed E-state index contributed by atoms with van der Waals surface area (Å²) in [6.07, 6.45) is 2.02. The fraction of sp³-hybridized carbons (Fsp3) is 0.900. The van der Waals surface area contributed by atoms with Crippen molar-refractivity contribution in [2.24, 2.45) is 5.92 Å². The zero-order valence-electron chi connectivity index (χ0n) is 8.99. The molecule has 4 nitrogen and oxygen atoms in total. The number of carbonyl (C=O) groups excluding carboxylic acids is 1. The van der Waals surface area contributed by atoms with E-state index in [1.165, 1.54) is 7.11 Å². The number of alkyl halides is 1. The Morgan fingerprint density at radius 3 is 2.67 bits per heavy atom. The van der Waals surface area contributed by atoms with Gasteiger partial charge < -0.3 is 14.7 Å². The minimum atomic E-state index is -0.242. The number of aliphatic hydroxyl groups is 1. The monoisotopic (exact) mass is 279 g/mol. The van der Waals surface area contributed by atoms with E-state index in [9.17, 15) is 4.79 Å². The lowest BCUT2D eigenvalue weighted by molar-refractivity contribution is -0.140. The second kappa shape index (κ2) is 6.45. The summed E-state index contributed by atoms with van der Waals surface area (Å²) in [5.41, 5.74) is 0. The minimum Gasteiger partial charge on any atom is -0.468 e. The van der Waals surface area contributed by atoms with Gasteiger partial charge in [0, 0.05) is 13.2 Å². The predicted octanol–water partition coefficient (Wildman–Crippen LogP) is 0.627. The molecule has 15 heavy (non-hydrogen) atoms. The molecule has 1 rings (SSSR count). The molecule has 1 aliphatic heterocycles. The Morgan fingerprint density at radius 2 is 2.20 bits per heavy atom. The quantitative estimate of drug-likeness (QED) is 0.606. The van der Waals surface area contributed by atoms with Gasteiger partial charge in [0.2, 0.25) is 0 Å². The number of esters is 1. The van der Waals surface area contributed by atoms with Gasteiger partial charge in [0.25, 0.3) is 0 Å². The molecule has 1 N–H and O–H groups in total. The predicted molar refractivity (Wildman–Crippen MR) is 61.0 cm³/mol. The Balaban J connectivity index is 2.26. The van der Waals surface area contributed by atoms with Gasteiger partial charge >= 0.3 is 5.97 Å². The van der Waals surface area contributed by atoms with E-state index in [-0.39, 0.29) is 17.4 Å². The molecular weight excluding hydrogens is 262 g/mol. The van der Waals surface area contributed by atoms with Crippen LogP contribution in [0.25, 0.3) is 0 Å². The molecular formula is C10H18BrNO3. The summed E-state index contributed by atoms with van der Waals surface area (Å²) >= 11 is 3.31. The number of methoxy groups -OCH3 is 1. The van der Waals surface area contributed by atoms with Crippen LogP contribution >= 0.6 is 15.9 Å². The Bertz CT molecular complexity index is 205. The zero-order chi connectivity index (χ0) is 11.3. The van der Waals surface area contributed by atoms with Crippen molar-refractivity contribution in [3.63, 3.8) is 0 Å². The van der Waals surface area contributed by atoms with E-state index < -0.39 is 0 Å². The maximum Gasteiger partial charge on any atom is 0.320 e. The third kappa shape index (κ3) is 4.09. The van der Waals surface area contributed by atoms with E-state index in [1.807, 2.05) is 0 Å². The molecule has 1 unspecified atom stereocenters. The third-order valence-electron chi connectivity index (χ3n) is 2.84. The average Bonchev–Trinajstić information content (AvgIpc) is 2.29. The number of aliphatic hydroxyl groups excluding tert-OH is 1. The lowest BCUT2D eigenvalue weighted by Crippen LogP contribution is -2.40. The molecule has 0 aromatic rings. The first kappa shape index (κ1) is 12.9. The van der Waals surface area contributed by atoms with Crippen molar-refractivity contribution in [1.82, 2.24) is 4.90 Å². The van der Waals surface area contributed by atoms with Gasteiger partial charge in [0.15, 0.2) is 0 Å². The van der Waals surface area contributed by atoms with Gasteiger partial charge in [0.1, 0.15) is 4.83 Å². The van der Waals surface area contributed by atoms with E-state index in [1.54, 1.807) is 0 Å². The van der Waals surface area contributed by atoms with Gasteiger partial charge in [0.05, 0.1) is 7.11 Å². The number of hydrogen-bond acceptors (Lipinski definition) is 4. The van der Waals surface area contributed by atoms with Crippen molar-refractivity contribution in [3.05, 3.63) is 0 Å². The van der Waals surface area contributed by atoms with Crippen molar-refractivity contribution in [2.75, 3.05) is 33.4 Å². The summed E-state index contributed by atoms with van der Waals surface area (Å²) in [5, 5.41) is 8.98. The van der Waals surface area contributed by atoms with Crippen molar-refractivity contribution >= 4 is 21.9 Å². The van der Waals surface area contributed by atoms with Crippen LogP contribution in [0.5, 0.6) is 0 Å². The van der Waals surface area contributed by atoms with E-state index in [4.69, 9.17) is 5.11 Å². The van der Waals surface area contributed by atoms with Gasteiger partial charge in [-0.2, -0.15) is 0 Å². The van der Waals surface area contributed by atoms with Crippen molar-refractivity contribution in [1.29, 1.82) is 0 Å². The Kier molecular flexibility index (Phi) is 5.56. The number of carbonyl (C=O) groups is 1. The summed E-state index contributed by atoms with van der Waals surface area (Å²) in [6.45, 7) is 2.86. The fourth-order valence-corrected chi connectivity index (χ4v) is 2.38. The zero-order valence-corrected chi connectivity index (χ0v) is 10.6. The van der Waals surface area contributed by atoms with Crippen LogP contribution in [0.3, 0.4) is 0 Å². The maximum absolute atomic E-state index is 11.2.